The number of benzene rings is 2. The highest BCUT2D eigenvalue weighted by Gasteiger charge is 2.07. The molecule has 0 unspecified atom stereocenters. The second-order valence-electron chi connectivity index (χ2n) is 4.05. The Bertz CT molecular complexity index is 614. The number of hydrogen-bond acceptors (Lipinski definition) is 3. The third-order valence-corrected chi connectivity index (χ3v) is 2.73. The first-order chi connectivity index (χ1) is 9.08. The van der Waals surface area contributed by atoms with Crippen LogP contribution in [0.1, 0.15) is 15.9 Å². The van der Waals surface area contributed by atoms with Gasteiger partial charge in [-0.15, -0.1) is 0 Å². The maximum atomic E-state index is 13.4. The van der Waals surface area contributed by atoms with Crippen molar-refractivity contribution in [3.8, 4) is 0 Å². The number of carboxylic acid groups (broad SMARTS) is 1. The van der Waals surface area contributed by atoms with Crippen molar-refractivity contribution in [3.05, 3.63) is 59.4 Å². The van der Waals surface area contributed by atoms with Gasteiger partial charge in [0, 0.05) is 12.1 Å². The lowest BCUT2D eigenvalue weighted by molar-refractivity contribution is 0.0697. The molecule has 2 rings (SSSR count). The van der Waals surface area contributed by atoms with Gasteiger partial charge in [0.05, 0.1) is 16.9 Å². The minimum atomic E-state index is -1.03. The van der Waals surface area contributed by atoms with Crippen molar-refractivity contribution in [2.75, 3.05) is 11.1 Å². The molecule has 0 radical (unpaired) electrons. The van der Waals surface area contributed by atoms with E-state index in [2.05, 4.69) is 5.32 Å². The molecule has 0 spiro atoms. The van der Waals surface area contributed by atoms with Crippen LogP contribution in [0.4, 0.5) is 15.8 Å². The van der Waals surface area contributed by atoms with Crippen LogP contribution in [0.25, 0.3) is 0 Å². The zero-order valence-electron chi connectivity index (χ0n) is 10.1. The Kier molecular flexibility index (Phi) is 3.66. The zero-order valence-corrected chi connectivity index (χ0v) is 10.1. The average molecular weight is 260 g/mol. The summed E-state index contributed by atoms with van der Waals surface area (Å²) in [5.41, 5.74) is 7.25. The fourth-order valence-corrected chi connectivity index (χ4v) is 1.67. The Morgan fingerprint density at radius 1 is 1.26 bits per heavy atom. The molecule has 0 saturated carbocycles. The lowest BCUT2D eigenvalue weighted by Crippen LogP contribution is -2.06. The quantitative estimate of drug-likeness (QED) is 0.739. The van der Waals surface area contributed by atoms with Gasteiger partial charge in [-0.3, -0.25) is 0 Å². The first-order valence-electron chi connectivity index (χ1n) is 5.68. The summed E-state index contributed by atoms with van der Waals surface area (Å²) in [6.45, 7) is 0.236. The molecule has 4 nitrogen and oxygen atoms in total. The van der Waals surface area contributed by atoms with E-state index in [4.69, 9.17) is 10.8 Å². The standard InChI is InChI=1S/C14H13FN2O2/c15-11-4-2-1-3-10(11)8-17-13-7-9(14(18)19)5-6-12(13)16/h1-7,17H,8,16H2,(H,18,19). The van der Waals surface area contributed by atoms with Crippen molar-refractivity contribution in [2.45, 2.75) is 6.54 Å². The minimum absolute atomic E-state index is 0.130. The lowest BCUT2D eigenvalue weighted by Gasteiger charge is -2.10. The van der Waals surface area contributed by atoms with E-state index >= 15 is 0 Å². The SMILES string of the molecule is Nc1ccc(C(=O)O)cc1NCc1ccccc1F. The molecule has 0 aromatic heterocycles. The second-order valence-corrected chi connectivity index (χ2v) is 4.05. The number of nitrogen functional groups attached to an aromatic ring is 1. The highest BCUT2D eigenvalue weighted by atomic mass is 19.1. The molecule has 0 aliphatic heterocycles. The normalized spacial score (nSPS) is 10.2. The van der Waals surface area contributed by atoms with Crippen molar-refractivity contribution in [2.24, 2.45) is 0 Å². The molecule has 98 valence electrons. The number of halogens is 1. The van der Waals surface area contributed by atoms with Gasteiger partial charge in [-0.05, 0) is 24.3 Å². The number of aromatic carboxylic acids is 1. The fourth-order valence-electron chi connectivity index (χ4n) is 1.67. The molecule has 0 aliphatic carbocycles. The van der Waals surface area contributed by atoms with Gasteiger partial charge >= 0.3 is 5.97 Å². The Morgan fingerprint density at radius 3 is 2.68 bits per heavy atom. The molecule has 0 bridgehead atoms. The Morgan fingerprint density at radius 2 is 2.00 bits per heavy atom. The average Bonchev–Trinajstić information content (AvgIpc) is 2.39. The molecule has 0 atom stereocenters. The number of carboxylic acids is 1. The lowest BCUT2D eigenvalue weighted by atomic mass is 10.1. The number of anilines is 2. The monoisotopic (exact) mass is 260 g/mol. The predicted molar refractivity (Wildman–Crippen MR) is 71.5 cm³/mol. The van der Waals surface area contributed by atoms with E-state index in [0.29, 0.717) is 16.9 Å². The Labute approximate surface area is 109 Å². The van der Waals surface area contributed by atoms with Gasteiger partial charge in [-0.2, -0.15) is 0 Å². The van der Waals surface area contributed by atoms with E-state index in [1.54, 1.807) is 18.2 Å². The van der Waals surface area contributed by atoms with Crippen LogP contribution in [0.3, 0.4) is 0 Å². The van der Waals surface area contributed by atoms with E-state index in [9.17, 15) is 9.18 Å². The van der Waals surface area contributed by atoms with E-state index in [1.165, 1.54) is 24.3 Å². The van der Waals surface area contributed by atoms with Crippen molar-refractivity contribution in [1.82, 2.24) is 0 Å². The van der Waals surface area contributed by atoms with Gasteiger partial charge in [0.1, 0.15) is 5.82 Å². The summed E-state index contributed by atoms with van der Waals surface area (Å²) in [7, 11) is 0. The van der Waals surface area contributed by atoms with Crippen molar-refractivity contribution in [3.63, 3.8) is 0 Å². The van der Waals surface area contributed by atoms with Gasteiger partial charge in [-0.25, -0.2) is 9.18 Å². The van der Waals surface area contributed by atoms with Crippen LogP contribution < -0.4 is 11.1 Å². The number of nitrogens with two attached hydrogens (primary N) is 1. The molecule has 2 aromatic rings. The van der Waals surface area contributed by atoms with E-state index in [-0.39, 0.29) is 17.9 Å². The molecule has 19 heavy (non-hydrogen) atoms. The summed E-state index contributed by atoms with van der Waals surface area (Å²) in [5.74, 6) is -1.35. The molecule has 2 aromatic carbocycles. The molecule has 0 amide bonds. The molecule has 0 saturated heterocycles. The molecule has 5 heteroatoms. The van der Waals surface area contributed by atoms with Crippen LogP contribution in [0.15, 0.2) is 42.5 Å². The Balaban J connectivity index is 2.17. The van der Waals surface area contributed by atoms with Crippen LogP contribution in [0.2, 0.25) is 0 Å². The van der Waals surface area contributed by atoms with Crippen LogP contribution in [-0.4, -0.2) is 11.1 Å². The summed E-state index contributed by atoms with van der Waals surface area (Å²) in [6, 6.07) is 10.7. The maximum absolute atomic E-state index is 13.4. The number of nitrogens with one attached hydrogen (secondary N) is 1. The molecule has 0 aliphatic rings. The minimum Gasteiger partial charge on any atom is -0.478 e. The van der Waals surface area contributed by atoms with Crippen LogP contribution >= 0.6 is 0 Å². The first kappa shape index (κ1) is 12.9. The topological polar surface area (TPSA) is 75.4 Å². The van der Waals surface area contributed by atoms with Gasteiger partial charge in [0.25, 0.3) is 0 Å². The third kappa shape index (κ3) is 3.01. The summed E-state index contributed by atoms with van der Waals surface area (Å²) in [4.78, 5) is 10.9. The van der Waals surface area contributed by atoms with E-state index in [0.717, 1.165) is 0 Å². The van der Waals surface area contributed by atoms with E-state index in [1.807, 2.05) is 0 Å². The number of carbonyl (C=O) groups is 1. The van der Waals surface area contributed by atoms with Gasteiger partial charge in [0.15, 0.2) is 0 Å². The highest BCUT2D eigenvalue weighted by Crippen LogP contribution is 2.21. The van der Waals surface area contributed by atoms with Crippen molar-refractivity contribution >= 4 is 17.3 Å². The predicted octanol–water partition coefficient (Wildman–Crippen LogP) is 2.72. The number of hydrogen-bond donors (Lipinski definition) is 3. The van der Waals surface area contributed by atoms with Gasteiger partial charge in [-0.1, -0.05) is 18.2 Å². The third-order valence-electron chi connectivity index (χ3n) is 2.73. The zero-order chi connectivity index (χ0) is 13.8. The summed E-state index contributed by atoms with van der Waals surface area (Å²) >= 11 is 0. The number of rotatable bonds is 4. The van der Waals surface area contributed by atoms with Gasteiger partial charge < -0.3 is 16.2 Å². The molecule has 0 heterocycles. The van der Waals surface area contributed by atoms with Crippen LogP contribution in [0, 0.1) is 5.82 Å². The first-order valence-corrected chi connectivity index (χ1v) is 5.68. The second kappa shape index (κ2) is 5.39. The molecular formula is C14H13FN2O2. The van der Waals surface area contributed by atoms with Crippen molar-refractivity contribution < 1.29 is 14.3 Å². The molecular weight excluding hydrogens is 247 g/mol. The highest BCUT2D eigenvalue weighted by molar-refractivity contribution is 5.90. The summed E-state index contributed by atoms with van der Waals surface area (Å²) in [6.07, 6.45) is 0. The largest absolute Gasteiger partial charge is 0.478 e. The van der Waals surface area contributed by atoms with Gasteiger partial charge in [0.2, 0.25) is 0 Å². The van der Waals surface area contributed by atoms with Crippen LogP contribution in [-0.2, 0) is 6.54 Å². The molecule has 4 N–H and O–H groups in total. The fraction of sp³-hybridized carbons (Fsp3) is 0.0714. The van der Waals surface area contributed by atoms with Crippen molar-refractivity contribution in [1.29, 1.82) is 0 Å². The maximum Gasteiger partial charge on any atom is 0.335 e. The Hall–Kier alpha value is -2.56. The summed E-state index contributed by atoms with van der Waals surface area (Å²) in [5, 5.41) is 11.8. The molecule has 0 fully saturated rings. The van der Waals surface area contributed by atoms with E-state index < -0.39 is 5.97 Å². The van der Waals surface area contributed by atoms with Crippen LogP contribution in [0.5, 0.6) is 0 Å². The summed E-state index contributed by atoms with van der Waals surface area (Å²) < 4.78 is 13.4. The smallest absolute Gasteiger partial charge is 0.335 e.